The van der Waals surface area contributed by atoms with E-state index in [1.165, 1.54) is 0 Å². The Balaban J connectivity index is 1.59. The van der Waals surface area contributed by atoms with Gasteiger partial charge in [0.05, 0.1) is 11.1 Å². The molecule has 7 nitrogen and oxygen atoms in total. The van der Waals surface area contributed by atoms with Crippen LogP contribution in [0.15, 0.2) is 42.5 Å². The lowest BCUT2D eigenvalue weighted by Gasteiger charge is -2.40. The van der Waals surface area contributed by atoms with E-state index in [0.29, 0.717) is 30.5 Å². The van der Waals surface area contributed by atoms with Crippen molar-refractivity contribution in [3.05, 3.63) is 64.7 Å². The quantitative estimate of drug-likeness (QED) is 0.684. The van der Waals surface area contributed by atoms with Gasteiger partial charge in [-0.3, -0.25) is 24.1 Å². The molecule has 0 spiro atoms. The van der Waals surface area contributed by atoms with Crippen molar-refractivity contribution in [2.75, 3.05) is 18.4 Å². The maximum atomic E-state index is 13.6. The molecular weight excluding hydrogens is 418 g/mol. The van der Waals surface area contributed by atoms with Crippen LogP contribution < -0.4 is 5.32 Å². The Bertz CT molecular complexity index is 1080. The number of aryl methyl sites for hydroxylation is 2. The minimum absolute atomic E-state index is 0.213. The highest BCUT2D eigenvalue weighted by Gasteiger charge is 2.49. The van der Waals surface area contributed by atoms with Gasteiger partial charge in [-0.2, -0.15) is 0 Å². The summed E-state index contributed by atoms with van der Waals surface area (Å²) >= 11 is 0. The fourth-order valence-corrected chi connectivity index (χ4v) is 5.14. The van der Waals surface area contributed by atoms with E-state index in [1.807, 2.05) is 39.0 Å². The summed E-state index contributed by atoms with van der Waals surface area (Å²) < 4.78 is 0. The third-order valence-electron chi connectivity index (χ3n) is 6.88. The van der Waals surface area contributed by atoms with Crippen LogP contribution in [0.4, 0.5) is 5.69 Å². The number of anilines is 1. The lowest BCUT2D eigenvalue weighted by atomic mass is 9.92. The number of hydrogen-bond acceptors (Lipinski definition) is 4. The van der Waals surface area contributed by atoms with Crippen molar-refractivity contribution in [1.29, 1.82) is 0 Å². The highest BCUT2D eigenvalue weighted by atomic mass is 16.2. The maximum absolute atomic E-state index is 13.6. The molecule has 1 aliphatic heterocycles. The van der Waals surface area contributed by atoms with E-state index in [9.17, 15) is 19.2 Å². The molecule has 0 saturated heterocycles. The Hall–Kier alpha value is -3.48. The van der Waals surface area contributed by atoms with Crippen molar-refractivity contribution in [2.24, 2.45) is 0 Å². The van der Waals surface area contributed by atoms with Crippen LogP contribution in [0.1, 0.15) is 64.4 Å². The second-order valence-corrected chi connectivity index (χ2v) is 8.84. The Morgan fingerprint density at radius 1 is 0.939 bits per heavy atom. The summed E-state index contributed by atoms with van der Waals surface area (Å²) in [6, 6.07) is 12.4. The number of rotatable bonds is 6. The van der Waals surface area contributed by atoms with Crippen molar-refractivity contribution >= 4 is 29.3 Å². The number of para-hydroxylation sites is 1. The van der Waals surface area contributed by atoms with Crippen molar-refractivity contribution in [1.82, 2.24) is 9.80 Å². The molecule has 0 bridgehead atoms. The first-order valence-electron chi connectivity index (χ1n) is 11.4. The average Bonchev–Trinajstić information content (AvgIpc) is 3.38. The number of benzene rings is 2. The highest BCUT2D eigenvalue weighted by molar-refractivity contribution is 6.22. The number of fused-ring (bicyclic) bond motifs is 1. The van der Waals surface area contributed by atoms with Crippen LogP contribution in [0, 0.1) is 13.8 Å². The Labute approximate surface area is 193 Å². The first-order chi connectivity index (χ1) is 15.8. The smallest absolute Gasteiger partial charge is 0.262 e. The average molecular weight is 448 g/mol. The topological polar surface area (TPSA) is 86.8 Å². The van der Waals surface area contributed by atoms with Crippen molar-refractivity contribution in [3.8, 4) is 0 Å². The fraction of sp³-hybridized carbons (Fsp3) is 0.385. The first-order valence-corrected chi connectivity index (χ1v) is 11.4. The third-order valence-corrected chi connectivity index (χ3v) is 6.88. The molecule has 0 radical (unpaired) electrons. The molecule has 0 atom stereocenters. The van der Waals surface area contributed by atoms with E-state index in [-0.39, 0.29) is 12.5 Å². The molecule has 1 aliphatic carbocycles. The van der Waals surface area contributed by atoms with E-state index in [2.05, 4.69) is 5.32 Å². The summed E-state index contributed by atoms with van der Waals surface area (Å²) in [6.45, 7) is 5.64. The number of nitrogens with one attached hydrogen (secondary N) is 1. The van der Waals surface area contributed by atoms with Crippen LogP contribution in [0.2, 0.25) is 0 Å². The van der Waals surface area contributed by atoms with Gasteiger partial charge < -0.3 is 10.2 Å². The Morgan fingerprint density at radius 3 is 2.00 bits per heavy atom. The Kier molecular flexibility index (Phi) is 6.06. The van der Waals surface area contributed by atoms with Crippen molar-refractivity contribution in [3.63, 3.8) is 0 Å². The molecule has 1 N–H and O–H groups in total. The van der Waals surface area contributed by atoms with Crippen LogP contribution in [0.5, 0.6) is 0 Å². The maximum Gasteiger partial charge on any atom is 0.262 e. The van der Waals surface area contributed by atoms with Gasteiger partial charge in [0.25, 0.3) is 11.8 Å². The summed E-state index contributed by atoms with van der Waals surface area (Å²) in [6.07, 6.45) is 2.75. The normalized spacial score (nSPS) is 16.6. The van der Waals surface area contributed by atoms with Crippen LogP contribution in [-0.4, -0.2) is 52.1 Å². The zero-order valence-electron chi connectivity index (χ0n) is 19.3. The molecular formula is C26H29N3O4. The minimum Gasteiger partial charge on any atom is -0.327 e. The lowest BCUT2D eigenvalue weighted by Crippen LogP contribution is -2.59. The lowest BCUT2D eigenvalue weighted by molar-refractivity contribution is -0.145. The summed E-state index contributed by atoms with van der Waals surface area (Å²) in [5, 5.41) is 3.08. The molecule has 7 heteroatoms. The molecule has 0 unspecified atom stereocenters. The summed E-state index contributed by atoms with van der Waals surface area (Å²) in [5.74, 6) is -1.55. The molecule has 1 saturated carbocycles. The molecule has 33 heavy (non-hydrogen) atoms. The number of likely N-dealkylation sites (N-methyl/N-ethyl adjacent to an activating group) is 1. The number of amides is 4. The molecule has 4 rings (SSSR count). The summed E-state index contributed by atoms with van der Waals surface area (Å²) in [5.41, 5.74) is 2.29. The van der Waals surface area contributed by atoms with Crippen LogP contribution in [-0.2, 0) is 9.59 Å². The largest absolute Gasteiger partial charge is 0.327 e. The third kappa shape index (κ3) is 3.81. The molecule has 0 aromatic heterocycles. The zero-order valence-corrected chi connectivity index (χ0v) is 19.3. The van der Waals surface area contributed by atoms with E-state index < -0.39 is 23.3 Å². The fourth-order valence-electron chi connectivity index (χ4n) is 5.14. The first kappa shape index (κ1) is 22.7. The molecule has 4 amide bonds. The number of nitrogens with zero attached hydrogens (tertiary/aromatic N) is 2. The van der Waals surface area contributed by atoms with E-state index in [1.54, 1.807) is 29.2 Å². The predicted molar refractivity (Wildman–Crippen MR) is 125 cm³/mol. The SMILES string of the molecule is CCN(C(=O)CN1C(=O)c2ccccc2C1=O)C1(C(=O)Nc2c(C)cccc2C)CCCC1. The number of imide groups is 1. The van der Waals surface area contributed by atoms with Crippen LogP contribution in [0.3, 0.4) is 0 Å². The standard InChI is InChI=1S/C26H29N3O4/c1-4-29(21(30)16-28-23(31)19-12-5-6-13-20(19)24(28)32)26(14-7-8-15-26)25(33)27-22-17(2)10-9-11-18(22)3/h5-6,9-13H,4,7-8,14-16H2,1-3H3,(H,27,33). The van der Waals surface area contributed by atoms with E-state index >= 15 is 0 Å². The zero-order chi connectivity index (χ0) is 23.8. The van der Waals surface area contributed by atoms with Crippen molar-refractivity contribution < 1.29 is 19.2 Å². The van der Waals surface area contributed by atoms with Crippen LogP contribution >= 0.6 is 0 Å². The number of carbonyl (C=O) groups excluding carboxylic acids is 4. The van der Waals surface area contributed by atoms with Gasteiger partial charge in [-0.25, -0.2) is 0 Å². The van der Waals surface area contributed by atoms with Gasteiger partial charge in [0.1, 0.15) is 12.1 Å². The van der Waals surface area contributed by atoms with Gasteiger partial charge in [-0.05, 0) is 56.9 Å². The molecule has 172 valence electrons. The highest BCUT2D eigenvalue weighted by Crippen LogP contribution is 2.37. The minimum atomic E-state index is -1.00. The van der Waals surface area contributed by atoms with Crippen LogP contribution in [0.25, 0.3) is 0 Å². The molecule has 1 heterocycles. The van der Waals surface area contributed by atoms with Gasteiger partial charge in [0.2, 0.25) is 11.8 Å². The Morgan fingerprint density at radius 2 is 1.48 bits per heavy atom. The predicted octanol–water partition coefficient (Wildman–Crippen LogP) is 3.70. The van der Waals surface area contributed by atoms with Gasteiger partial charge in [0.15, 0.2) is 0 Å². The second kappa shape index (κ2) is 8.81. The molecule has 1 fully saturated rings. The van der Waals surface area contributed by atoms with Gasteiger partial charge in [0, 0.05) is 12.2 Å². The second-order valence-electron chi connectivity index (χ2n) is 8.84. The number of carbonyl (C=O) groups is 4. The summed E-state index contributed by atoms with van der Waals surface area (Å²) in [7, 11) is 0. The summed E-state index contributed by atoms with van der Waals surface area (Å²) in [4.78, 5) is 55.2. The molecule has 2 aromatic rings. The van der Waals surface area contributed by atoms with Gasteiger partial charge in [-0.1, -0.05) is 43.2 Å². The number of hydrogen-bond donors (Lipinski definition) is 1. The van der Waals surface area contributed by atoms with E-state index in [4.69, 9.17) is 0 Å². The van der Waals surface area contributed by atoms with Gasteiger partial charge >= 0.3 is 0 Å². The molecule has 2 aromatic carbocycles. The van der Waals surface area contributed by atoms with E-state index in [0.717, 1.165) is 34.6 Å². The van der Waals surface area contributed by atoms with Gasteiger partial charge in [-0.15, -0.1) is 0 Å². The van der Waals surface area contributed by atoms with Crippen molar-refractivity contribution in [2.45, 2.75) is 52.0 Å². The molecule has 2 aliphatic rings. The monoisotopic (exact) mass is 447 g/mol.